The highest BCUT2D eigenvalue weighted by Crippen LogP contribution is 2.36. The maximum Gasteiger partial charge on any atom is 0.416 e. The number of pyridine rings is 1. The molecule has 0 spiro atoms. The van der Waals surface area contributed by atoms with Crippen molar-refractivity contribution in [2.75, 3.05) is 23.3 Å². The lowest BCUT2D eigenvalue weighted by atomic mass is 9.97. The molecule has 39 heavy (non-hydrogen) atoms. The monoisotopic (exact) mass is 531 g/mol. The fourth-order valence-electron chi connectivity index (χ4n) is 4.86. The van der Waals surface area contributed by atoms with E-state index in [9.17, 15) is 18.0 Å². The Hall–Kier alpha value is -4.27. The predicted molar refractivity (Wildman–Crippen MR) is 145 cm³/mol. The van der Waals surface area contributed by atoms with Gasteiger partial charge in [0, 0.05) is 43.0 Å². The molecular formula is C30H28F3N5O. The van der Waals surface area contributed by atoms with Gasteiger partial charge in [0.25, 0.3) is 5.91 Å². The van der Waals surface area contributed by atoms with Crippen LogP contribution >= 0.6 is 0 Å². The van der Waals surface area contributed by atoms with E-state index in [1.165, 1.54) is 12.4 Å². The van der Waals surface area contributed by atoms with Gasteiger partial charge in [0.15, 0.2) is 0 Å². The van der Waals surface area contributed by atoms with Crippen molar-refractivity contribution in [2.24, 2.45) is 0 Å². The van der Waals surface area contributed by atoms with Gasteiger partial charge in [0.2, 0.25) is 0 Å². The SMILES string of the molecule is Cc1ccc(C(=O)Nc2cc(C(F)(F)F)ccc2N2CCCCC2)cc1Cc1ncccc1-c1ccncn1. The van der Waals surface area contributed by atoms with E-state index in [-0.39, 0.29) is 5.69 Å². The molecule has 0 unspecified atom stereocenters. The maximum absolute atomic E-state index is 13.5. The second-order valence-corrected chi connectivity index (χ2v) is 9.64. The maximum atomic E-state index is 13.5. The Labute approximate surface area is 225 Å². The Kier molecular flexibility index (Phi) is 7.58. The molecule has 0 atom stereocenters. The minimum atomic E-state index is -4.51. The number of anilines is 2. The predicted octanol–water partition coefficient (Wildman–Crippen LogP) is 6.70. The van der Waals surface area contributed by atoms with E-state index in [0.29, 0.717) is 17.7 Å². The zero-order valence-corrected chi connectivity index (χ0v) is 21.5. The van der Waals surface area contributed by atoms with Crippen molar-refractivity contribution >= 4 is 17.3 Å². The molecule has 1 saturated heterocycles. The zero-order valence-electron chi connectivity index (χ0n) is 21.5. The first-order valence-corrected chi connectivity index (χ1v) is 12.9. The summed E-state index contributed by atoms with van der Waals surface area (Å²) in [4.78, 5) is 28.3. The fraction of sp³-hybridized carbons (Fsp3) is 0.267. The summed E-state index contributed by atoms with van der Waals surface area (Å²) in [6.45, 7) is 3.43. The van der Waals surface area contributed by atoms with Gasteiger partial charge < -0.3 is 10.2 Å². The van der Waals surface area contributed by atoms with Crippen molar-refractivity contribution in [3.05, 3.63) is 101 Å². The Bertz CT molecular complexity index is 1470. The first-order chi connectivity index (χ1) is 18.8. The molecule has 2 aromatic heterocycles. The molecular weight excluding hydrogens is 503 g/mol. The standard InChI is InChI=1S/C30H28F3N5O/c1-20-7-8-21(16-22(20)17-26-24(6-5-12-35-26)25-11-13-34-19-36-25)29(39)37-27-18-23(30(31,32)33)9-10-28(27)38-14-3-2-4-15-38/h5-13,16,18-19H,2-4,14-15,17H2,1H3,(H,37,39). The molecule has 2 aromatic carbocycles. The lowest BCUT2D eigenvalue weighted by Crippen LogP contribution is -2.30. The number of nitrogens with zero attached hydrogens (tertiary/aromatic N) is 4. The number of halogens is 3. The lowest BCUT2D eigenvalue weighted by Gasteiger charge is -2.31. The number of hydrogen-bond donors (Lipinski definition) is 1. The molecule has 0 saturated carbocycles. The number of aromatic nitrogens is 3. The Morgan fingerprint density at radius 2 is 1.79 bits per heavy atom. The van der Waals surface area contributed by atoms with Gasteiger partial charge in [-0.2, -0.15) is 13.2 Å². The van der Waals surface area contributed by atoms with E-state index < -0.39 is 17.6 Å². The molecule has 1 fully saturated rings. The molecule has 1 N–H and O–H groups in total. The third kappa shape index (κ3) is 6.08. The number of rotatable bonds is 6. The second kappa shape index (κ2) is 11.2. The largest absolute Gasteiger partial charge is 0.416 e. The number of benzene rings is 2. The number of amides is 1. The molecule has 3 heterocycles. The fourth-order valence-corrected chi connectivity index (χ4v) is 4.86. The van der Waals surface area contributed by atoms with Crippen LogP contribution in [0.15, 0.2) is 73.3 Å². The summed E-state index contributed by atoms with van der Waals surface area (Å²) < 4.78 is 40.6. The van der Waals surface area contributed by atoms with Crippen LogP contribution in [-0.2, 0) is 12.6 Å². The van der Waals surface area contributed by atoms with Crippen molar-refractivity contribution in [3.63, 3.8) is 0 Å². The van der Waals surface area contributed by atoms with Crippen molar-refractivity contribution in [3.8, 4) is 11.3 Å². The molecule has 1 aliphatic rings. The van der Waals surface area contributed by atoms with Gasteiger partial charge in [-0.05, 0) is 85.8 Å². The Balaban J connectivity index is 1.44. The van der Waals surface area contributed by atoms with Gasteiger partial charge in [0.05, 0.1) is 28.3 Å². The van der Waals surface area contributed by atoms with Gasteiger partial charge in [0.1, 0.15) is 6.33 Å². The summed E-state index contributed by atoms with van der Waals surface area (Å²) in [5.41, 5.74) is 4.59. The quantitative estimate of drug-likeness (QED) is 0.300. The molecule has 6 nitrogen and oxygen atoms in total. The normalized spacial score (nSPS) is 13.8. The van der Waals surface area contributed by atoms with E-state index in [1.807, 2.05) is 36.1 Å². The number of aryl methyl sites for hydroxylation is 1. The highest BCUT2D eigenvalue weighted by molar-refractivity contribution is 6.06. The van der Waals surface area contributed by atoms with Crippen LogP contribution in [0.3, 0.4) is 0 Å². The van der Waals surface area contributed by atoms with E-state index in [2.05, 4.69) is 20.3 Å². The number of carbonyl (C=O) groups is 1. The van der Waals surface area contributed by atoms with E-state index in [4.69, 9.17) is 0 Å². The smallest absolute Gasteiger partial charge is 0.370 e. The number of nitrogens with one attached hydrogen (secondary N) is 1. The molecule has 9 heteroatoms. The molecule has 0 radical (unpaired) electrons. The molecule has 1 amide bonds. The van der Waals surface area contributed by atoms with Crippen molar-refractivity contribution in [1.29, 1.82) is 0 Å². The zero-order chi connectivity index (χ0) is 27.4. The van der Waals surface area contributed by atoms with E-state index >= 15 is 0 Å². The van der Waals surface area contributed by atoms with Crippen LogP contribution in [-0.4, -0.2) is 33.9 Å². The highest BCUT2D eigenvalue weighted by Gasteiger charge is 2.32. The molecule has 4 aromatic rings. The summed E-state index contributed by atoms with van der Waals surface area (Å²) in [6.07, 6.45) is 3.80. The summed E-state index contributed by atoms with van der Waals surface area (Å²) in [7, 11) is 0. The number of alkyl halides is 3. The van der Waals surface area contributed by atoms with Crippen LogP contribution in [0.4, 0.5) is 24.5 Å². The third-order valence-electron chi connectivity index (χ3n) is 6.99. The minimum absolute atomic E-state index is 0.162. The van der Waals surface area contributed by atoms with Crippen molar-refractivity contribution in [1.82, 2.24) is 15.0 Å². The molecule has 1 aliphatic heterocycles. The summed E-state index contributed by atoms with van der Waals surface area (Å²) >= 11 is 0. The summed E-state index contributed by atoms with van der Waals surface area (Å²) in [5.74, 6) is -0.467. The van der Waals surface area contributed by atoms with E-state index in [0.717, 1.165) is 72.6 Å². The lowest BCUT2D eigenvalue weighted by molar-refractivity contribution is -0.137. The van der Waals surface area contributed by atoms with Crippen LogP contribution in [0, 0.1) is 6.92 Å². The summed E-state index contributed by atoms with van der Waals surface area (Å²) in [6, 6.07) is 14.5. The topological polar surface area (TPSA) is 71.0 Å². The number of carbonyl (C=O) groups excluding carboxylic acids is 1. The van der Waals surface area contributed by atoms with Crippen LogP contribution < -0.4 is 10.2 Å². The second-order valence-electron chi connectivity index (χ2n) is 9.64. The van der Waals surface area contributed by atoms with Gasteiger partial charge >= 0.3 is 6.18 Å². The Morgan fingerprint density at radius 1 is 0.974 bits per heavy atom. The van der Waals surface area contributed by atoms with Gasteiger partial charge in [-0.1, -0.05) is 6.07 Å². The molecule has 5 rings (SSSR count). The molecule has 0 bridgehead atoms. The van der Waals surface area contributed by atoms with Crippen molar-refractivity contribution in [2.45, 2.75) is 38.8 Å². The first kappa shape index (κ1) is 26.3. The number of hydrogen-bond acceptors (Lipinski definition) is 5. The average molecular weight is 532 g/mol. The van der Waals surface area contributed by atoms with Gasteiger partial charge in [-0.3, -0.25) is 9.78 Å². The third-order valence-corrected chi connectivity index (χ3v) is 6.99. The first-order valence-electron chi connectivity index (χ1n) is 12.9. The van der Waals surface area contributed by atoms with Crippen LogP contribution in [0.1, 0.15) is 52.0 Å². The highest BCUT2D eigenvalue weighted by atomic mass is 19.4. The Morgan fingerprint density at radius 3 is 2.54 bits per heavy atom. The van der Waals surface area contributed by atoms with Crippen molar-refractivity contribution < 1.29 is 18.0 Å². The molecule has 0 aliphatic carbocycles. The average Bonchev–Trinajstić information content (AvgIpc) is 2.95. The van der Waals surface area contributed by atoms with Gasteiger partial charge in [-0.25, -0.2) is 9.97 Å². The summed E-state index contributed by atoms with van der Waals surface area (Å²) in [5, 5.41) is 2.77. The van der Waals surface area contributed by atoms with Gasteiger partial charge in [-0.15, -0.1) is 0 Å². The minimum Gasteiger partial charge on any atom is -0.370 e. The van der Waals surface area contributed by atoms with E-state index in [1.54, 1.807) is 24.5 Å². The number of piperidine rings is 1. The van der Waals surface area contributed by atoms with Crippen LogP contribution in [0.25, 0.3) is 11.3 Å². The molecule has 200 valence electrons. The van der Waals surface area contributed by atoms with Crippen LogP contribution in [0.5, 0.6) is 0 Å². The van der Waals surface area contributed by atoms with Crippen LogP contribution in [0.2, 0.25) is 0 Å².